The molecular formula is C12H10FNO4. The van der Waals surface area contributed by atoms with Crippen molar-refractivity contribution in [2.24, 2.45) is 0 Å². The van der Waals surface area contributed by atoms with E-state index in [1.807, 2.05) is 0 Å². The molecule has 0 radical (unpaired) electrons. The number of aryl methyl sites for hydroxylation is 1. The molecule has 0 spiro atoms. The number of aromatic carboxylic acids is 1. The quantitative estimate of drug-likeness (QED) is 0.903. The van der Waals surface area contributed by atoms with Gasteiger partial charge >= 0.3 is 5.97 Å². The van der Waals surface area contributed by atoms with Gasteiger partial charge < -0.3 is 14.4 Å². The van der Waals surface area contributed by atoms with Gasteiger partial charge in [0.2, 0.25) is 0 Å². The van der Waals surface area contributed by atoms with Crippen LogP contribution in [-0.4, -0.2) is 16.2 Å². The van der Waals surface area contributed by atoms with Gasteiger partial charge in [-0.15, -0.1) is 0 Å². The molecule has 0 amide bonds. The van der Waals surface area contributed by atoms with Crippen LogP contribution in [0.3, 0.4) is 0 Å². The first-order valence-corrected chi connectivity index (χ1v) is 5.14. The van der Waals surface area contributed by atoms with Crippen molar-refractivity contribution in [1.29, 1.82) is 0 Å². The monoisotopic (exact) mass is 251 g/mol. The summed E-state index contributed by atoms with van der Waals surface area (Å²) < 4.78 is 23.2. The van der Waals surface area contributed by atoms with Crippen molar-refractivity contribution in [3.8, 4) is 5.75 Å². The zero-order chi connectivity index (χ0) is 13.1. The number of rotatable bonds is 4. The Kier molecular flexibility index (Phi) is 3.27. The van der Waals surface area contributed by atoms with Crippen LogP contribution >= 0.6 is 0 Å². The highest BCUT2D eigenvalue weighted by molar-refractivity contribution is 5.85. The summed E-state index contributed by atoms with van der Waals surface area (Å²) in [4.78, 5) is 10.6. The van der Waals surface area contributed by atoms with Crippen LogP contribution in [0, 0.1) is 12.7 Å². The lowest BCUT2D eigenvalue weighted by molar-refractivity contribution is 0.0685. The van der Waals surface area contributed by atoms with Crippen LogP contribution in [0.4, 0.5) is 4.39 Å². The molecular weight excluding hydrogens is 241 g/mol. The van der Waals surface area contributed by atoms with Gasteiger partial charge in [0.05, 0.1) is 0 Å². The van der Waals surface area contributed by atoms with Crippen molar-refractivity contribution in [1.82, 2.24) is 5.16 Å². The lowest BCUT2D eigenvalue weighted by Crippen LogP contribution is -1.96. The van der Waals surface area contributed by atoms with E-state index in [4.69, 9.17) is 14.4 Å². The molecule has 1 aromatic heterocycles. The van der Waals surface area contributed by atoms with Gasteiger partial charge in [-0.05, 0) is 18.6 Å². The highest BCUT2D eigenvalue weighted by atomic mass is 19.1. The van der Waals surface area contributed by atoms with E-state index in [2.05, 4.69) is 5.16 Å². The fourth-order valence-electron chi connectivity index (χ4n) is 1.30. The number of nitrogens with zero attached hydrogens (tertiary/aromatic N) is 1. The van der Waals surface area contributed by atoms with Crippen LogP contribution in [0.1, 0.15) is 21.8 Å². The third-order valence-electron chi connectivity index (χ3n) is 2.30. The molecule has 2 rings (SSSR count). The summed E-state index contributed by atoms with van der Waals surface area (Å²) in [5.74, 6) is -0.942. The molecule has 0 fully saturated rings. The number of hydrogen-bond acceptors (Lipinski definition) is 4. The standard InChI is InChI=1S/C12H10FNO4/c1-7-2-3-8(4-10(7)13)17-6-9-5-11(12(15)16)14-18-9/h2-5H,6H2,1H3,(H,15,16). The average Bonchev–Trinajstić information content (AvgIpc) is 2.79. The molecule has 1 heterocycles. The molecule has 0 unspecified atom stereocenters. The Bertz CT molecular complexity index is 579. The van der Waals surface area contributed by atoms with Crippen molar-refractivity contribution in [3.05, 3.63) is 47.1 Å². The summed E-state index contributed by atoms with van der Waals surface area (Å²) in [6.07, 6.45) is 0. The largest absolute Gasteiger partial charge is 0.485 e. The molecule has 0 aliphatic rings. The summed E-state index contributed by atoms with van der Waals surface area (Å²) in [5, 5.41) is 12.0. The van der Waals surface area contributed by atoms with Crippen molar-refractivity contribution >= 4 is 5.97 Å². The maximum atomic E-state index is 13.2. The summed E-state index contributed by atoms with van der Waals surface area (Å²) in [5.41, 5.74) is 0.332. The second-order valence-corrected chi connectivity index (χ2v) is 3.68. The van der Waals surface area contributed by atoms with Crippen LogP contribution in [0.25, 0.3) is 0 Å². The second-order valence-electron chi connectivity index (χ2n) is 3.68. The zero-order valence-corrected chi connectivity index (χ0v) is 9.51. The fraction of sp³-hybridized carbons (Fsp3) is 0.167. The van der Waals surface area contributed by atoms with Gasteiger partial charge in [-0.1, -0.05) is 11.2 Å². The number of benzene rings is 1. The molecule has 18 heavy (non-hydrogen) atoms. The number of hydrogen-bond donors (Lipinski definition) is 1. The summed E-state index contributed by atoms with van der Waals surface area (Å²) in [6.45, 7) is 1.64. The lowest BCUT2D eigenvalue weighted by Gasteiger charge is -2.04. The highest BCUT2D eigenvalue weighted by Crippen LogP contribution is 2.17. The zero-order valence-electron chi connectivity index (χ0n) is 9.51. The van der Waals surface area contributed by atoms with Gasteiger partial charge in [0.15, 0.2) is 11.5 Å². The molecule has 0 bridgehead atoms. The maximum absolute atomic E-state index is 13.2. The minimum absolute atomic E-state index is 0.0111. The molecule has 1 aromatic carbocycles. The number of halogens is 1. The molecule has 1 N–H and O–H groups in total. The summed E-state index contributed by atoms with van der Waals surface area (Å²) in [7, 11) is 0. The molecule has 6 heteroatoms. The molecule has 0 saturated carbocycles. The van der Waals surface area contributed by atoms with E-state index in [1.54, 1.807) is 19.1 Å². The molecule has 0 aliphatic heterocycles. The smallest absolute Gasteiger partial charge is 0.358 e. The molecule has 2 aromatic rings. The minimum atomic E-state index is -1.17. The van der Waals surface area contributed by atoms with Crippen LogP contribution in [0.2, 0.25) is 0 Å². The van der Waals surface area contributed by atoms with Gasteiger partial charge in [0.1, 0.15) is 18.2 Å². The van der Waals surface area contributed by atoms with E-state index >= 15 is 0 Å². The number of carbonyl (C=O) groups is 1. The Balaban J connectivity index is 2.02. The third kappa shape index (κ3) is 2.65. The maximum Gasteiger partial charge on any atom is 0.358 e. The number of carboxylic acid groups (broad SMARTS) is 1. The van der Waals surface area contributed by atoms with Gasteiger partial charge in [-0.25, -0.2) is 9.18 Å². The topological polar surface area (TPSA) is 72.6 Å². The predicted octanol–water partition coefficient (Wildman–Crippen LogP) is 2.40. The van der Waals surface area contributed by atoms with Crippen LogP contribution in [0.15, 0.2) is 28.8 Å². The second kappa shape index (κ2) is 4.87. The van der Waals surface area contributed by atoms with E-state index in [0.717, 1.165) is 0 Å². The molecule has 94 valence electrons. The fourth-order valence-corrected chi connectivity index (χ4v) is 1.30. The van der Waals surface area contributed by atoms with E-state index < -0.39 is 5.97 Å². The van der Waals surface area contributed by atoms with Crippen LogP contribution in [-0.2, 0) is 6.61 Å². The summed E-state index contributed by atoms with van der Waals surface area (Å²) >= 11 is 0. The Labute approximate surface area is 102 Å². The van der Waals surface area contributed by atoms with E-state index in [1.165, 1.54) is 12.1 Å². The average molecular weight is 251 g/mol. The van der Waals surface area contributed by atoms with Crippen molar-refractivity contribution in [2.75, 3.05) is 0 Å². The van der Waals surface area contributed by atoms with Crippen molar-refractivity contribution < 1.29 is 23.6 Å². The van der Waals surface area contributed by atoms with Gasteiger partial charge in [-0.3, -0.25) is 0 Å². The van der Waals surface area contributed by atoms with E-state index in [-0.39, 0.29) is 23.9 Å². The Hall–Kier alpha value is -2.37. The minimum Gasteiger partial charge on any atom is -0.485 e. The third-order valence-corrected chi connectivity index (χ3v) is 2.30. The van der Waals surface area contributed by atoms with Gasteiger partial charge in [0, 0.05) is 12.1 Å². The van der Waals surface area contributed by atoms with Crippen molar-refractivity contribution in [3.63, 3.8) is 0 Å². The Morgan fingerprint density at radius 3 is 2.89 bits per heavy atom. The first kappa shape index (κ1) is 12.1. The first-order chi connectivity index (χ1) is 8.56. The molecule has 0 aliphatic carbocycles. The predicted molar refractivity (Wildman–Crippen MR) is 58.9 cm³/mol. The van der Waals surface area contributed by atoms with Gasteiger partial charge in [-0.2, -0.15) is 0 Å². The number of aromatic nitrogens is 1. The summed E-state index contributed by atoms with van der Waals surface area (Å²) in [6, 6.07) is 5.72. The van der Waals surface area contributed by atoms with E-state index in [0.29, 0.717) is 11.3 Å². The number of carboxylic acids is 1. The normalized spacial score (nSPS) is 10.3. The Morgan fingerprint density at radius 2 is 2.28 bits per heavy atom. The molecule has 0 atom stereocenters. The Morgan fingerprint density at radius 1 is 1.50 bits per heavy atom. The molecule has 0 saturated heterocycles. The lowest BCUT2D eigenvalue weighted by atomic mass is 10.2. The van der Waals surface area contributed by atoms with Crippen LogP contribution in [0.5, 0.6) is 5.75 Å². The molecule has 5 nitrogen and oxygen atoms in total. The van der Waals surface area contributed by atoms with Gasteiger partial charge in [0.25, 0.3) is 0 Å². The SMILES string of the molecule is Cc1ccc(OCc2cc(C(=O)O)no2)cc1F. The first-order valence-electron chi connectivity index (χ1n) is 5.14. The highest BCUT2D eigenvalue weighted by Gasteiger charge is 2.11. The number of ether oxygens (including phenoxy) is 1. The van der Waals surface area contributed by atoms with Crippen LogP contribution < -0.4 is 4.74 Å². The van der Waals surface area contributed by atoms with Crippen molar-refractivity contribution in [2.45, 2.75) is 13.5 Å². The van der Waals surface area contributed by atoms with E-state index in [9.17, 15) is 9.18 Å².